The van der Waals surface area contributed by atoms with Crippen LogP contribution in [0.25, 0.3) is 10.7 Å². The van der Waals surface area contributed by atoms with Gasteiger partial charge in [-0.05, 0) is 22.6 Å². The monoisotopic (exact) mass is 456 g/mol. The van der Waals surface area contributed by atoms with Crippen LogP contribution in [0, 0.1) is 0 Å². The summed E-state index contributed by atoms with van der Waals surface area (Å²) in [6.07, 6.45) is -4.33. The fraction of sp³-hybridized carbons (Fsp3) is 0.316. The number of thioether (sulfide) groups is 1. The normalized spacial score (nSPS) is 11.6. The molecule has 0 atom stereocenters. The second-order valence-electron chi connectivity index (χ2n) is 6.33. The van der Waals surface area contributed by atoms with Crippen LogP contribution in [0.3, 0.4) is 0 Å². The number of rotatable bonds is 9. The van der Waals surface area contributed by atoms with Crippen LogP contribution in [-0.4, -0.2) is 39.2 Å². The molecule has 2 heterocycles. The molecule has 1 amide bonds. The lowest BCUT2D eigenvalue weighted by atomic mass is 10.1. The first-order valence-electron chi connectivity index (χ1n) is 8.87. The molecule has 1 aromatic carbocycles. The minimum absolute atomic E-state index is 0.117. The molecule has 3 rings (SSSR count). The lowest BCUT2D eigenvalue weighted by molar-refractivity contribution is -0.176. The van der Waals surface area contributed by atoms with Crippen LogP contribution >= 0.6 is 23.1 Å². The minimum atomic E-state index is -4.33. The fourth-order valence-corrected chi connectivity index (χ4v) is 3.97. The van der Waals surface area contributed by atoms with Crippen LogP contribution in [0.2, 0.25) is 0 Å². The number of nitrogens with one attached hydrogen (secondary N) is 1. The molecule has 0 fully saturated rings. The predicted octanol–water partition coefficient (Wildman–Crippen LogP) is 4.03. The summed E-state index contributed by atoms with van der Waals surface area (Å²) in [6, 6.07) is 10.8. The zero-order valence-electron chi connectivity index (χ0n) is 16.0. The second kappa shape index (κ2) is 10.1. The van der Waals surface area contributed by atoms with E-state index in [1.54, 1.807) is 35.6 Å². The van der Waals surface area contributed by atoms with Crippen LogP contribution < -0.4 is 5.32 Å². The van der Waals surface area contributed by atoms with Gasteiger partial charge in [-0.1, -0.05) is 42.1 Å². The van der Waals surface area contributed by atoms with Crippen LogP contribution in [-0.2, 0) is 29.7 Å². The third-order valence-corrected chi connectivity index (χ3v) is 5.84. The highest BCUT2D eigenvalue weighted by atomic mass is 32.2. The van der Waals surface area contributed by atoms with E-state index in [1.807, 2.05) is 29.1 Å². The van der Waals surface area contributed by atoms with E-state index in [2.05, 4.69) is 20.3 Å². The molecular formula is C19H19F3N4O2S2. The molecule has 0 saturated carbocycles. The van der Waals surface area contributed by atoms with Gasteiger partial charge in [-0.3, -0.25) is 4.79 Å². The summed E-state index contributed by atoms with van der Waals surface area (Å²) in [6.45, 7) is -1.07. The molecule has 6 nitrogen and oxygen atoms in total. The van der Waals surface area contributed by atoms with E-state index in [9.17, 15) is 18.0 Å². The molecular weight excluding hydrogens is 437 g/mol. The van der Waals surface area contributed by atoms with Crippen molar-refractivity contribution in [3.63, 3.8) is 0 Å². The highest BCUT2D eigenvalue weighted by Gasteiger charge is 2.27. The van der Waals surface area contributed by atoms with Crippen molar-refractivity contribution in [3.05, 3.63) is 52.9 Å². The number of alkyl halides is 3. The van der Waals surface area contributed by atoms with E-state index in [0.717, 1.165) is 16.3 Å². The number of nitrogens with zero attached hydrogens (tertiary/aromatic N) is 3. The summed E-state index contributed by atoms with van der Waals surface area (Å²) >= 11 is 2.87. The SMILES string of the molecule is Cn1c(SCC(=O)NCc2ccc(COCC(F)(F)F)cc2)nnc1-c1cccs1. The van der Waals surface area contributed by atoms with E-state index in [-0.39, 0.29) is 18.3 Å². The maximum Gasteiger partial charge on any atom is 0.411 e. The molecule has 0 aliphatic rings. The van der Waals surface area contributed by atoms with Gasteiger partial charge in [0.1, 0.15) is 6.61 Å². The van der Waals surface area contributed by atoms with E-state index in [0.29, 0.717) is 17.3 Å². The fourth-order valence-electron chi connectivity index (χ4n) is 2.48. The van der Waals surface area contributed by atoms with Crippen LogP contribution in [0.1, 0.15) is 11.1 Å². The molecule has 2 aromatic heterocycles. The number of ether oxygens (including phenoxy) is 1. The van der Waals surface area contributed by atoms with Gasteiger partial charge in [0.05, 0.1) is 17.2 Å². The largest absolute Gasteiger partial charge is 0.411 e. The maximum atomic E-state index is 12.1. The molecule has 0 aliphatic carbocycles. The summed E-state index contributed by atoms with van der Waals surface area (Å²) in [5.41, 5.74) is 1.47. The first-order valence-corrected chi connectivity index (χ1v) is 10.7. The Bertz CT molecular complexity index is 957. The van der Waals surface area contributed by atoms with Gasteiger partial charge < -0.3 is 14.6 Å². The summed E-state index contributed by atoms with van der Waals surface area (Å²) in [4.78, 5) is 13.1. The average molecular weight is 457 g/mol. The smallest absolute Gasteiger partial charge is 0.367 e. The molecule has 0 aliphatic heterocycles. The number of hydrogen-bond donors (Lipinski definition) is 1. The van der Waals surface area contributed by atoms with Crippen molar-refractivity contribution in [1.29, 1.82) is 0 Å². The van der Waals surface area contributed by atoms with Gasteiger partial charge in [-0.2, -0.15) is 13.2 Å². The zero-order valence-corrected chi connectivity index (χ0v) is 17.6. The van der Waals surface area contributed by atoms with Crippen molar-refractivity contribution in [3.8, 4) is 10.7 Å². The maximum absolute atomic E-state index is 12.1. The van der Waals surface area contributed by atoms with Crippen molar-refractivity contribution < 1.29 is 22.7 Å². The second-order valence-corrected chi connectivity index (χ2v) is 8.22. The Morgan fingerprint density at radius 1 is 1.20 bits per heavy atom. The summed E-state index contributed by atoms with van der Waals surface area (Å²) < 4.78 is 42.7. The lowest BCUT2D eigenvalue weighted by Crippen LogP contribution is -2.24. The van der Waals surface area contributed by atoms with Gasteiger partial charge >= 0.3 is 6.18 Å². The third-order valence-electron chi connectivity index (χ3n) is 3.96. The van der Waals surface area contributed by atoms with Crippen molar-refractivity contribution in [2.45, 2.75) is 24.5 Å². The Morgan fingerprint density at radius 3 is 2.60 bits per heavy atom. The molecule has 30 heavy (non-hydrogen) atoms. The standard InChI is InChI=1S/C19H19F3N4O2S2/c1-26-17(15-3-2-8-29-15)24-25-18(26)30-11-16(27)23-9-13-4-6-14(7-5-13)10-28-12-19(20,21)22/h2-8H,9-12H2,1H3,(H,23,27). The van der Waals surface area contributed by atoms with Crippen molar-refractivity contribution in [2.24, 2.45) is 7.05 Å². The van der Waals surface area contributed by atoms with Gasteiger partial charge in [0.15, 0.2) is 11.0 Å². The van der Waals surface area contributed by atoms with Gasteiger partial charge in [0, 0.05) is 13.6 Å². The highest BCUT2D eigenvalue weighted by molar-refractivity contribution is 7.99. The first-order chi connectivity index (χ1) is 14.3. The van der Waals surface area contributed by atoms with Crippen molar-refractivity contribution in [2.75, 3.05) is 12.4 Å². The van der Waals surface area contributed by atoms with E-state index < -0.39 is 12.8 Å². The van der Waals surface area contributed by atoms with Gasteiger partial charge in [0.25, 0.3) is 0 Å². The summed E-state index contributed by atoms with van der Waals surface area (Å²) in [7, 11) is 1.86. The number of hydrogen-bond acceptors (Lipinski definition) is 6. The number of halogens is 3. The molecule has 0 bridgehead atoms. The molecule has 0 saturated heterocycles. The van der Waals surface area contributed by atoms with Crippen LogP contribution in [0.15, 0.2) is 46.9 Å². The molecule has 3 aromatic rings. The minimum Gasteiger partial charge on any atom is -0.367 e. The first kappa shape index (κ1) is 22.3. The van der Waals surface area contributed by atoms with Crippen molar-refractivity contribution in [1.82, 2.24) is 20.1 Å². The molecule has 0 spiro atoms. The number of thiophene rings is 1. The number of carbonyl (C=O) groups excluding carboxylic acids is 1. The Morgan fingerprint density at radius 2 is 1.93 bits per heavy atom. The molecule has 1 N–H and O–H groups in total. The van der Waals surface area contributed by atoms with Crippen LogP contribution in [0.5, 0.6) is 0 Å². The Hall–Kier alpha value is -2.37. The molecule has 11 heteroatoms. The van der Waals surface area contributed by atoms with Gasteiger partial charge in [0.2, 0.25) is 5.91 Å². The number of benzene rings is 1. The number of carbonyl (C=O) groups is 1. The summed E-state index contributed by atoms with van der Waals surface area (Å²) in [5.74, 6) is 0.797. The van der Waals surface area contributed by atoms with Crippen LogP contribution in [0.4, 0.5) is 13.2 Å². The number of aromatic nitrogens is 3. The lowest BCUT2D eigenvalue weighted by Gasteiger charge is -2.09. The Balaban J connectivity index is 1.42. The molecule has 0 unspecified atom stereocenters. The zero-order chi connectivity index (χ0) is 21.6. The quantitative estimate of drug-likeness (QED) is 0.493. The number of amides is 1. The molecule has 160 valence electrons. The predicted molar refractivity (Wildman–Crippen MR) is 109 cm³/mol. The third kappa shape index (κ3) is 6.57. The highest BCUT2D eigenvalue weighted by Crippen LogP contribution is 2.25. The topological polar surface area (TPSA) is 69.0 Å². The Labute approximate surface area is 179 Å². The van der Waals surface area contributed by atoms with Crippen molar-refractivity contribution >= 4 is 29.0 Å². The van der Waals surface area contributed by atoms with Gasteiger partial charge in [-0.15, -0.1) is 21.5 Å². The molecule has 0 radical (unpaired) electrons. The summed E-state index contributed by atoms with van der Waals surface area (Å²) in [5, 5.41) is 13.7. The van der Waals surface area contributed by atoms with E-state index >= 15 is 0 Å². The van der Waals surface area contributed by atoms with Gasteiger partial charge in [-0.25, -0.2) is 0 Å². The van der Waals surface area contributed by atoms with E-state index in [4.69, 9.17) is 0 Å². The Kier molecular flexibility index (Phi) is 7.51. The van der Waals surface area contributed by atoms with E-state index in [1.165, 1.54) is 11.8 Å². The average Bonchev–Trinajstić information content (AvgIpc) is 3.34.